The van der Waals surface area contributed by atoms with Crippen molar-refractivity contribution in [3.63, 3.8) is 0 Å². The van der Waals surface area contributed by atoms with E-state index < -0.39 is 6.10 Å². The number of amides is 1. The van der Waals surface area contributed by atoms with Crippen LogP contribution >= 0.6 is 0 Å². The summed E-state index contributed by atoms with van der Waals surface area (Å²) in [5, 5.41) is 2.83. The van der Waals surface area contributed by atoms with Gasteiger partial charge in [-0.2, -0.15) is 0 Å². The molecule has 1 rings (SSSR count). The average Bonchev–Trinajstić information content (AvgIpc) is 2.44. The van der Waals surface area contributed by atoms with Crippen molar-refractivity contribution in [2.45, 2.75) is 39.3 Å². The summed E-state index contributed by atoms with van der Waals surface area (Å²) >= 11 is 0. The third-order valence-electron chi connectivity index (χ3n) is 3.16. The zero-order valence-electron chi connectivity index (χ0n) is 12.6. The van der Waals surface area contributed by atoms with E-state index >= 15 is 0 Å². The molecule has 2 unspecified atom stereocenters. The number of carbonyl (C=O) groups is 1. The van der Waals surface area contributed by atoms with E-state index in [-0.39, 0.29) is 11.9 Å². The Morgan fingerprint density at radius 3 is 2.50 bits per heavy atom. The van der Waals surface area contributed by atoms with Crippen molar-refractivity contribution in [2.75, 3.05) is 13.2 Å². The quantitative estimate of drug-likeness (QED) is 0.766. The molecular formula is C16H26N2O2. The zero-order chi connectivity index (χ0) is 15.0. The fourth-order valence-corrected chi connectivity index (χ4v) is 1.73. The minimum atomic E-state index is -0.434. The molecule has 1 amide bonds. The van der Waals surface area contributed by atoms with Crippen molar-refractivity contribution in [1.82, 2.24) is 5.32 Å². The van der Waals surface area contributed by atoms with Crippen molar-refractivity contribution >= 4 is 5.91 Å². The first-order chi connectivity index (χ1) is 9.50. The molecule has 112 valence electrons. The fraction of sp³-hybridized carbons (Fsp3) is 0.562. The highest BCUT2D eigenvalue weighted by atomic mass is 16.5. The van der Waals surface area contributed by atoms with E-state index in [1.54, 1.807) is 6.92 Å². The van der Waals surface area contributed by atoms with Crippen LogP contribution in [-0.2, 0) is 9.53 Å². The Labute approximate surface area is 121 Å². The zero-order valence-corrected chi connectivity index (χ0v) is 12.6. The molecular weight excluding hydrogens is 252 g/mol. The van der Waals surface area contributed by atoms with Crippen LogP contribution in [0.15, 0.2) is 30.3 Å². The predicted octanol–water partition coefficient (Wildman–Crippen LogP) is 2.25. The van der Waals surface area contributed by atoms with Gasteiger partial charge in [0.05, 0.1) is 0 Å². The van der Waals surface area contributed by atoms with Gasteiger partial charge in [0.25, 0.3) is 0 Å². The standard InChI is InChI=1S/C16H26N2O2/c1-12(2)9-10-20-13(3)16(19)18-11-15(17)14-7-5-4-6-8-14/h4-8,12-13,15H,9-11,17H2,1-3H3,(H,18,19). The monoisotopic (exact) mass is 278 g/mol. The molecule has 0 saturated carbocycles. The third kappa shape index (κ3) is 6.17. The molecule has 0 aliphatic rings. The number of rotatable bonds is 8. The molecule has 0 aliphatic carbocycles. The first-order valence-corrected chi connectivity index (χ1v) is 7.20. The van der Waals surface area contributed by atoms with Gasteiger partial charge in [-0.15, -0.1) is 0 Å². The maximum Gasteiger partial charge on any atom is 0.248 e. The van der Waals surface area contributed by atoms with E-state index in [1.165, 1.54) is 0 Å². The second kappa shape index (κ2) is 8.72. The first kappa shape index (κ1) is 16.7. The summed E-state index contributed by atoms with van der Waals surface area (Å²) in [6, 6.07) is 9.55. The number of ether oxygens (including phenoxy) is 1. The summed E-state index contributed by atoms with van der Waals surface area (Å²) in [4.78, 5) is 11.9. The minimum absolute atomic E-state index is 0.111. The number of hydrogen-bond donors (Lipinski definition) is 2. The Balaban J connectivity index is 2.28. The lowest BCUT2D eigenvalue weighted by Crippen LogP contribution is -2.38. The first-order valence-electron chi connectivity index (χ1n) is 7.20. The molecule has 1 aromatic carbocycles. The summed E-state index contributed by atoms with van der Waals surface area (Å²) in [6.45, 7) is 7.06. The summed E-state index contributed by atoms with van der Waals surface area (Å²) in [5.74, 6) is 0.469. The van der Waals surface area contributed by atoms with Crippen molar-refractivity contribution in [1.29, 1.82) is 0 Å². The predicted molar refractivity (Wildman–Crippen MR) is 81.2 cm³/mol. The molecule has 0 saturated heterocycles. The summed E-state index contributed by atoms with van der Waals surface area (Å²) in [5.41, 5.74) is 7.04. The Morgan fingerprint density at radius 1 is 1.25 bits per heavy atom. The molecule has 2 atom stereocenters. The van der Waals surface area contributed by atoms with E-state index in [1.807, 2.05) is 30.3 Å². The number of nitrogens with one attached hydrogen (secondary N) is 1. The van der Waals surface area contributed by atoms with Gasteiger partial charge in [-0.25, -0.2) is 0 Å². The summed E-state index contributed by atoms with van der Waals surface area (Å²) in [7, 11) is 0. The van der Waals surface area contributed by atoms with Gasteiger partial charge in [-0.05, 0) is 24.8 Å². The van der Waals surface area contributed by atoms with Crippen molar-refractivity contribution in [2.24, 2.45) is 11.7 Å². The van der Waals surface area contributed by atoms with Crippen molar-refractivity contribution in [3.05, 3.63) is 35.9 Å². The highest BCUT2D eigenvalue weighted by Gasteiger charge is 2.14. The van der Waals surface area contributed by atoms with Crippen LogP contribution in [0.3, 0.4) is 0 Å². The van der Waals surface area contributed by atoms with E-state index in [0.717, 1.165) is 12.0 Å². The van der Waals surface area contributed by atoms with E-state index in [0.29, 0.717) is 19.1 Å². The van der Waals surface area contributed by atoms with Crippen LogP contribution in [0.1, 0.15) is 38.8 Å². The van der Waals surface area contributed by atoms with Gasteiger partial charge in [0.2, 0.25) is 5.91 Å². The highest BCUT2D eigenvalue weighted by molar-refractivity contribution is 5.80. The molecule has 0 aliphatic heterocycles. The second-order valence-electron chi connectivity index (χ2n) is 5.46. The van der Waals surface area contributed by atoms with E-state index in [2.05, 4.69) is 19.2 Å². The van der Waals surface area contributed by atoms with Crippen LogP contribution in [-0.4, -0.2) is 25.2 Å². The van der Waals surface area contributed by atoms with E-state index in [4.69, 9.17) is 10.5 Å². The number of hydrogen-bond acceptors (Lipinski definition) is 3. The Morgan fingerprint density at radius 2 is 1.90 bits per heavy atom. The normalized spacial score (nSPS) is 14.1. The maximum atomic E-state index is 11.9. The lowest BCUT2D eigenvalue weighted by atomic mass is 10.1. The van der Waals surface area contributed by atoms with Gasteiger partial charge in [0.1, 0.15) is 6.10 Å². The molecule has 4 heteroatoms. The van der Waals surface area contributed by atoms with E-state index in [9.17, 15) is 4.79 Å². The molecule has 0 heterocycles. The SMILES string of the molecule is CC(C)CCOC(C)C(=O)NCC(N)c1ccccc1. The molecule has 0 radical (unpaired) electrons. The number of benzene rings is 1. The van der Waals surface area contributed by atoms with Crippen LogP contribution in [0.4, 0.5) is 0 Å². The van der Waals surface area contributed by atoms with Crippen LogP contribution in [0.5, 0.6) is 0 Å². The van der Waals surface area contributed by atoms with Crippen LogP contribution in [0.25, 0.3) is 0 Å². The minimum Gasteiger partial charge on any atom is -0.369 e. The average molecular weight is 278 g/mol. The molecule has 20 heavy (non-hydrogen) atoms. The largest absolute Gasteiger partial charge is 0.369 e. The van der Waals surface area contributed by atoms with Gasteiger partial charge < -0.3 is 15.8 Å². The molecule has 0 aromatic heterocycles. The highest BCUT2D eigenvalue weighted by Crippen LogP contribution is 2.08. The third-order valence-corrected chi connectivity index (χ3v) is 3.16. The Bertz CT molecular complexity index is 393. The smallest absolute Gasteiger partial charge is 0.248 e. The van der Waals surface area contributed by atoms with Gasteiger partial charge in [0, 0.05) is 19.2 Å². The van der Waals surface area contributed by atoms with Crippen LogP contribution in [0, 0.1) is 5.92 Å². The lowest BCUT2D eigenvalue weighted by molar-refractivity contribution is -0.132. The molecule has 0 spiro atoms. The van der Waals surface area contributed by atoms with Crippen molar-refractivity contribution in [3.8, 4) is 0 Å². The van der Waals surface area contributed by atoms with Gasteiger partial charge >= 0.3 is 0 Å². The molecule has 0 fully saturated rings. The van der Waals surface area contributed by atoms with Crippen LogP contribution in [0.2, 0.25) is 0 Å². The summed E-state index contributed by atoms with van der Waals surface area (Å²) < 4.78 is 5.50. The maximum absolute atomic E-state index is 11.9. The molecule has 1 aromatic rings. The van der Waals surface area contributed by atoms with Crippen LogP contribution < -0.4 is 11.1 Å². The topological polar surface area (TPSA) is 64.3 Å². The van der Waals surface area contributed by atoms with Gasteiger partial charge in [-0.1, -0.05) is 44.2 Å². The lowest BCUT2D eigenvalue weighted by Gasteiger charge is -2.17. The Hall–Kier alpha value is -1.39. The molecule has 0 bridgehead atoms. The number of carbonyl (C=O) groups excluding carboxylic acids is 1. The Kier molecular flexibility index (Phi) is 7.26. The van der Waals surface area contributed by atoms with Crippen molar-refractivity contribution < 1.29 is 9.53 Å². The van der Waals surface area contributed by atoms with Gasteiger partial charge in [-0.3, -0.25) is 4.79 Å². The molecule has 4 nitrogen and oxygen atoms in total. The second-order valence-corrected chi connectivity index (χ2v) is 5.46. The summed E-state index contributed by atoms with van der Waals surface area (Å²) in [6.07, 6.45) is 0.526. The van der Waals surface area contributed by atoms with Gasteiger partial charge in [0.15, 0.2) is 0 Å². The molecule has 3 N–H and O–H groups in total. The fourth-order valence-electron chi connectivity index (χ4n) is 1.73. The number of nitrogens with two attached hydrogens (primary N) is 1.